The van der Waals surface area contributed by atoms with E-state index in [2.05, 4.69) is 13.8 Å². The number of alkyl halides is 3. The summed E-state index contributed by atoms with van der Waals surface area (Å²) in [5.41, 5.74) is -0.399. The minimum absolute atomic E-state index is 0.175. The highest BCUT2D eigenvalue weighted by molar-refractivity contribution is 5.94. The largest absolute Gasteiger partial charge is 0.416 e. The van der Waals surface area contributed by atoms with Crippen molar-refractivity contribution in [3.63, 3.8) is 0 Å². The lowest BCUT2D eigenvalue weighted by Crippen LogP contribution is -2.39. The molecule has 2 rings (SSSR count). The van der Waals surface area contributed by atoms with Crippen LogP contribution in [0.2, 0.25) is 0 Å². The Kier molecular flexibility index (Phi) is 4.59. The van der Waals surface area contributed by atoms with E-state index in [1.54, 1.807) is 4.90 Å². The third-order valence-electron chi connectivity index (χ3n) is 4.23. The SMILES string of the molecule is CC(C)C1CCN(C(=O)c2ccc(C(F)(F)F)cc2)CC1. The van der Waals surface area contributed by atoms with E-state index in [9.17, 15) is 18.0 Å². The summed E-state index contributed by atoms with van der Waals surface area (Å²) < 4.78 is 37.5. The van der Waals surface area contributed by atoms with Gasteiger partial charge in [-0.2, -0.15) is 13.2 Å². The number of carbonyl (C=O) groups is 1. The molecule has 2 nitrogen and oxygen atoms in total. The number of halogens is 3. The molecular formula is C16H20F3NO. The van der Waals surface area contributed by atoms with Crippen molar-refractivity contribution in [2.75, 3.05) is 13.1 Å². The normalized spacial score (nSPS) is 17.3. The van der Waals surface area contributed by atoms with Crippen LogP contribution in [0.25, 0.3) is 0 Å². The third kappa shape index (κ3) is 3.77. The van der Waals surface area contributed by atoms with E-state index in [0.717, 1.165) is 25.0 Å². The number of amides is 1. The van der Waals surface area contributed by atoms with E-state index in [-0.39, 0.29) is 5.91 Å². The molecule has 0 spiro atoms. The summed E-state index contributed by atoms with van der Waals surface area (Å²) >= 11 is 0. The molecule has 0 N–H and O–H groups in total. The molecule has 1 saturated heterocycles. The van der Waals surface area contributed by atoms with Gasteiger partial charge in [-0.3, -0.25) is 4.79 Å². The number of nitrogens with zero attached hydrogens (tertiary/aromatic N) is 1. The van der Waals surface area contributed by atoms with Crippen LogP contribution in [0.3, 0.4) is 0 Å². The molecule has 0 unspecified atom stereocenters. The maximum Gasteiger partial charge on any atom is 0.416 e. The van der Waals surface area contributed by atoms with Crippen molar-refractivity contribution in [1.29, 1.82) is 0 Å². The van der Waals surface area contributed by atoms with Gasteiger partial charge in [-0.15, -0.1) is 0 Å². The predicted octanol–water partition coefficient (Wildman–Crippen LogP) is 4.21. The molecule has 0 saturated carbocycles. The Balaban J connectivity index is 2.01. The molecule has 1 aromatic carbocycles. The Hall–Kier alpha value is -1.52. The molecule has 0 aromatic heterocycles. The summed E-state index contributed by atoms with van der Waals surface area (Å²) in [7, 11) is 0. The van der Waals surface area contributed by atoms with E-state index < -0.39 is 11.7 Å². The van der Waals surface area contributed by atoms with E-state index in [4.69, 9.17) is 0 Å². The lowest BCUT2D eigenvalue weighted by molar-refractivity contribution is -0.137. The highest BCUT2D eigenvalue weighted by Gasteiger charge is 2.31. The van der Waals surface area contributed by atoms with Crippen molar-refractivity contribution in [1.82, 2.24) is 4.90 Å². The molecule has 0 aliphatic carbocycles. The van der Waals surface area contributed by atoms with Crippen molar-refractivity contribution in [3.05, 3.63) is 35.4 Å². The van der Waals surface area contributed by atoms with Gasteiger partial charge in [-0.25, -0.2) is 0 Å². The molecule has 21 heavy (non-hydrogen) atoms. The molecule has 0 atom stereocenters. The fraction of sp³-hybridized carbons (Fsp3) is 0.562. The van der Waals surface area contributed by atoms with Crippen LogP contribution < -0.4 is 0 Å². The van der Waals surface area contributed by atoms with E-state index in [1.165, 1.54) is 12.1 Å². The standard InChI is InChI=1S/C16H20F3NO/c1-11(2)12-7-9-20(10-8-12)15(21)13-3-5-14(6-4-13)16(17,18)19/h3-6,11-12H,7-10H2,1-2H3. The summed E-state index contributed by atoms with van der Waals surface area (Å²) in [6.45, 7) is 5.72. The van der Waals surface area contributed by atoms with Crippen molar-refractivity contribution >= 4 is 5.91 Å². The second-order valence-electron chi connectivity index (χ2n) is 5.95. The van der Waals surface area contributed by atoms with Crippen LogP contribution in [0.5, 0.6) is 0 Å². The number of rotatable bonds is 2. The molecule has 1 amide bonds. The average molecular weight is 299 g/mol. The molecule has 1 fully saturated rings. The molecule has 1 heterocycles. The molecule has 1 aliphatic rings. The zero-order valence-electron chi connectivity index (χ0n) is 12.3. The second kappa shape index (κ2) is 6.08. The summed E-state index contributed by atoms with van der Waals surface area (Å²) in [5, 5.41) is 0. The van der Waals surface area contributed by atoms with Crippen LogP contribution in [0.4, 0.5) is 13.2 Å². The first-order chi connectivity index (χ1) is 9.79. The quantitative estimate of drug-likeness (QED) is 0.801. The van der Waals surface area contributed by atoms with Gasteiger partial charge in [-0.05, 0) is 48.9 Å². The van der Waals surface area contributed by atoms with Crippen LogP contribution in [0.15, 0.2) is 24.3 Å². The lowest BCUT2D eigenvalue weighted by atomic mass is 9.86. The molecule has 1 aromatic rings. The number of likely N-dealkylation sites (tertiary alicyclic amines) is 1. The molecular weight excluding hydrogens is 279 g/mol. The van der Waals surface area contributed by atoms with Gasteiger partial charge in [0.05, 0.1) is 5.56 Å². The lowest BCUT2D eigenvalue weighted by Gasteiger charge is -2.34. The van der Waals surface area contributed by atoms with Crippen LogP contribution in [0, 0.1) is 11.8 Å². The number of benzene rings is 1. The third-order valence-corrected chi connectivity index (χ3v) is 4.23. The van der Waals surface area contributed by atoms with Crippen molar-refractivity contribution in [2.24, 2.45) is 11.8 Å². The predicted molar refractivity (Wildman–Crippen MR) is 74.9 cm³/mol. The first-order valence-corrected chi connectivity index (χ1v) is 7.25. The van der Waals surface area contributed by atoms with Crippen LogP contribution in [-0.4, -0.2) is 23.9 Å². The molecule has 1 aliphatic heterocycles. The maximum atomic E-state index is 12.5. The van der Waals surface area contributed by atoms with E-state index in [1.807, 2.05) is 0 Å². The monoisotopic (exact) mass is 299 g/mol. The maximum absolute atomic E-state index is 12.5. The first kappa shape index (κ1) is 15.9. The Morgan fingerprint density at radius 3 is 2.10 bits per heavy atom. The zero-order chi connectivity index (χ0) is 15.6. The first-order valence-electron chi connectivity index (χ1n) is 7.25. The molecule has 5 heteroatoms. The van der Waals surface area contributed by atoms with Crippen molar-refractivity contribution in [2.45, 2.75) is 32.9 Å². The van der Waals surface area contributed by atoms with Crippen LogP contribution in [0.1, 0.15) is 42.6 Å². The summed E-state index contributed by atoms with van der Waals surface area (Å²) in [6.07, 6.45) is -2.44. The topological polar surface area (TPSA) is 20.3 Å². The van der Waals surface area contributed by atoms with Gasteiger partial charge in [-0.1, -0.05) is 13.8 Å². The number of carbonyl (C=O) groups excluding carboxylic acids is 1. The fourth-order valence-electron chi connectivity index (χ4n) is 2.75. The Labute approximate surface area is 122 Å². The second-order valence-corrected chi connectivity index (χ2v) is 5.95. The van der Waals surface area contributed by atoms with Crippen molar-refractivity contribution < 1.29 is 18.0 Å². The van der Waals surface area contributed by atoms with Gasteiger partial charge in [0.1, 0.15) is 0 Å². The Bertz CT molecular complexity index is 485. The molecule has 116 valence electrons. The Morgan fingerprint density at radius 2 is 1.67 bits per heavy atom. The Morgan fingerprint density at radius 1 is 1.14 bits per heavy atom. The van der Waals surface area contributed by atoms with Gasteiger partial charge in [0.25, 0.3) is 5.91 Å². The van der Waals surface area contributed by atoms with Crippen molar-refractivity contribution in [3.8, 4) is 0 Å². The van der Waals surface area contributed by atoms with Crippen LogP contribution in [-0.2, 0) is 6.18 Å². The summed E-state index contributed by atoms with van der Waals surface area (Å²) in [6, 6.07) is 4.46. The van der Waals surface area contributed by atoms with Gasteiger partial charge in [0.15, 0.2) is 0 Å². The fourth-order valence-corrected chi connectivity index (χ4v) is 2.75. The average Bonchev–Trinajstić information content (AvgIpc) is 2.46. The highest BCUT2D eigenvalue weighted by Crippen LogP contribution is 2.30. The zero-order valence-corrected chi connectivity index (χ0v) is 12.3. The summed E-state index contributed by atoms with van der Waals surface area (Å²) in [4.78, 5) is 14.0. The van der Waals surface area contributed by atoms with Gasteiger partial charge in [0.2, 0.25) is 0 Å². The van der Waals surface area contributed by atoms with Gasteiger partial charge >= 0.3 is 6.18 Å². The number of hydrogen-bond acceptors (Lipinski definition) is 1. The van der Waals surface area contributed by atoms with Gasteiger partial charge < -0.3 is 4.90 Å². The van der Waals surface area contributed by atoms with E-state index >= 15 is 0 Å². The number of piperidine rings is 1. The molecule has 0 radical (unpaired) electrons. The van der Waals surface area contributed by atoms with Gasteiger partial charge in [0, 0.05) is 18.7 Å². The van der Waals surface area contributed by atoms with Crippen LogP contribution >= 0.6 is 0 Å². The minimum atomic E-state index is -4.36. The number of hydrogen-bond donors (Lipinski definition) is 0. The molecule has 0 bridgehead atoms. The highest BCUT2D eigenvalue weighted by atomic mass is 19.4. The smallest absolute Gasteiger partial charge is 0.339 e. The van der Waals surface area contributed by atoms with E-state index in [0.29, 0.717) is 30.5 Å². The summed E-state index contributed by atoms with van der Waals surface area (Å²) in [5.74, 6) is 1.06. The minimum Gasteiger partial charge on any atom is -0.339 e.